The molecule has 1 N–H and O–H groups in total. The van der Waals surface area contributed by atoms with Crippen molar-refractivity contribution >= 4 is 11.0 Å². The molecule has 0 radical (unpaired) electrons. The standard InChI is InChI=1S/C12H9F3O3/c1-2-7-10(12(13,14)15)8-4-3-6(16)5-9(8)18-11(7)17/h3-5,16H,2H2,1H3. The predicted octanol–water partition coefficient (Wildman–Crippen LogP) is 3.08. The van der Waals surface area contributed by atoms with Gasteiger partial charge in [0.25, 0.3) is 0 Å². The van der Waals surface area contributed by atoms with Gasteiger partial charge in [0, 0.05) is 11.5 Å². The number of hydrogen-bond acceptors (Lipinski definition) is 3. The van der Waals surface area contributed by atoms with Crippen molar-refractivity contribution in [2.24, 2.45) is 0 Å². The van der Waals surface area contributed by atoms with Crippen molar-refractivity contribution in [3.05, 3.63) is 39.7 Å². The largest absolute Gasteiger partial charge is 0.508 e. The molecule has 0 unspecified atom stereocenters. The molecular weight excluding hydrogens is 249 g/mol. The molecule has 0 atom stereocenters. The molecule has 0 spiro atoms. The number of rotatable bonds is 1. The van der Waals surface area contributed by atoms with Gasteiger partial charge in [0.15, 0.2) is 0 Å². The summed E-state index contributed by atoms with van der Waals surface area (Å²) in [6.45, 7) is 1.45. The molecule has 6 heteroatoms. The fourth-order valence-electron chi connectivity index (χ4n) is 1.87. The Morgan fingerprint density at radius 1 is 1.33 bits per heavy atom. The zero-order chi connectivity index (χ0) is 13.5. The topological polar surface area (TPSA) is 50.4 Å². The molecule has 1 aromatic heterocycles. The summed E-state index contributed by atoms with van der Waals surface area (Å²) in [5.41, 5.74) is -2.69. The average Bonchev–Trinajstić information content (AvgIpc) is 2.25. The number of halogens is 3. The van der Waals surface area contributed by atoms with Gasteiger partial charge in [-0.05, 0) is 18.6 Å². The van der Waals surface area contributed by atoms with Crippen LogP contribution in [-0.2, 0) is 12.6 Å². The highest BCUT2D eigenvalue weighted by molar-refractivity contribution is 5.83. The molecule has 2 aromatic rings. The molecular formula is C12H9F3O3. The summed E-state index contributed by atoms with van der Waals surface area (Å²) < 4.78 is 43.8. The third kappa shape index (κ3) is 1.94. The van der Waals surface area contributed by atoms with Crippen molar-refractivity contribution in [1.82, 2.24) is 0 Å². The van der Waals surface area contributed by atoms with Gasteiger partial charge in [0.05, 0.1) is 11.1 Å². The molecule has 0 aliphatic carbocycles. The summed E-state index contributed by atoms with van der Waals surface area (Å²) in [5.74, 6) is -0.261. The normalized spacial score (nSPS) is 12.0. The van der Waals surface area contributed by atoms with Gasteiger partial charge < -0.3 is 9.52 Å². The first-order valence-electron chi connectivity index (χ1n) is 5.20. The maximum absolute atomic E-state index is 13.0. The van der Waals surface area contributed by atoms with Crippen LogP contribution in [0, 0.1) is 0 Å². The van der Waals surface area contributed by atoms with Crippen LogP contribution in [0.4, 0.5) is 13.2 Å². The van der Waals surface area contributed by atoms with Gasteiger partial charge >= 0.3 is 11.8 Å². The Bertz CT molecular complexity index is 656. The Morgan fingerprint density at radius 2 is 2.00 bits per heavy atom. The number of phenolic OH excluding ortho intramolecular Hbond substituents is 1. The maximum Gasteiger partial charge on any atom is 0.417 e. The number of alkyl halides is 3. The number of hydrogen-bond donors (Lipinski definition) is 1. The van der Waals surface area contributed by atoms with E-state index in [0.717, 1.165) is 18.2 Å². The van der Waals surface area contributed by atoms with E-state index in [4.69, 9.17) is 4.42 Å². The molecule has 1 aromatic carbocycles. The van der Waals surface area contributed by atoms with Gasteiger partial charge in [0.1, 0.15) is 11.3 Å². The Balaban J connectivity index is 2.98. The molecule has 96 valence electrons. The summed E-state index contributed by atoms with van der Waals surface area (Å²) in [7, 11) is 0. The van der Waals surface area contributed by atoms with Crippen LogP contribution in [0.2, 0.25) is 0 Å². The van der Waals surface area contributed by atoms with Crippen LogP contribution in [0.3, 0.4) is 0 Å². The monoisotopic (exact) mass is 258 g/mol. The van der Waals surface area contributed by atoms with E-state index in [1.54, 1.807) is 0 Å². The lowest BCUT2D eigenvalue weighted by molar-refractivity contribution is -0.137. The molecule has 2 rings (SSSR count). The minimum absolute atomic E-state index is 0.0754. The first-order chi connectivity index (χ1) is 8.34. The van der Waals surface area contributed by atoms with Gasteiger partial charge in [-0.2, -0.15) is 13.2 Å². The smallest absolute Gasteiger partial charge is 0.417 e. The first-order valence-corrected chi connectivity index (χ1v) is 5.20. The van der Waals surface area contributed by atoms with E-state index in [-0.39, 0.29) is 23.1 Å². The number of phenols is 1. The third-order valence-electron chi connectivity index (χ3n) is 2.62. The highest BCUT2D eigenvalue weighted by Gasteiger charge is 2.37. The quantitative estimate of drug-likeness (QED) is 0.800. The highest BCUT2D eigenvalue weighted by Crippen LogP contribution is 2.37. The van der Waals surface area contributed by atoms with Crippen LogP contribution >= 0.6 is 0 Å². The Morgan fingerprint density at radius 3 is 2.56 bits per heavy atom. The SMILES string of the molecule is CCc1c(C(F)(F)F)c2ccc(O)cc2oc1=O. The number of fused-ring (bicyclic) bond motifs is 1. The van der Waals surface area contributed by atoms with Gasteiger partial charge in [-0.1, -0.05) is 6.92 Å². The molecule has 0 aliphatic rings. The minimum Gasteiger partial charge on any atom is -0.508 e. The highest BCUT2D eigenvalue weighted by atomic mass is 19.4. The summed E-state index contributed by atoms with van der Waals surface area (Å²) >= 11 is 0. The first kappa shape index (κ1) is 12.5. The van der Waals surface area contributed by atoms with Gasteiger partial charge in [-0.3, -0.25) is 0 Å². The van der Waals surface area contributed by atoms with Gasteiger partial charge in [-0.15, -0.1) is 0 Å². The Labute approximate surface area is 99.5 Å². The van der Waals surface area contributed by atoms with Crippen molar-refractivity contribution in [2.45, 2.75) is 19.5 Å². The molecule has 0 bridgehead atoms. The molecule has 0 saturated carbocycles. The Kier molecular flexibility index (Phi) is 2.80. The summed E-state index contributed by atoms with van der Waals surface area (Å²) in [4.78, 5) is 11.5. The average molecular weight is 258 g/mol. The minimum atomic E-state index is -4.64. The molecule has 18 heavy (non-hydrogen) atoms. The number of benzene rings is 1. The molecule has 0 saturated heterocycles. The van der Waals surface area contributed by atoms with E-state index in [9.17, 15) is 23.1 Å². The van der Waals surface area contributed by atoms with Crippen molar-refractivity contribution in [3.63, 3.8) is 0 Å². The van der Waals surface area contributed by atoms with E-state index >= 15 is 0 Å². The molecule has 0 aliphatic heterocycles. The van der Waals surface area contributed by atoms with Crippen LogP contribution in [0.1, 0.15) is 18.1 Å². The third-order valence-corrected chi connectivity index (χ3v) is 2.62. The van der Waals surface area contributed by atoms with Crippen molar-refractivity contribution in [3.8, 4) is 5.75 Å². The second-order valence-corrected chi connectivity index (χ2v) is 3.77. The van der Waals surface area contributed by atoms with Crippen LogP contribution in [0.25, 0.3) is 11.0 Å². The lowest BCUT2D eigenvalue weighted by atomic mass is 10.0. The van der Waals surface area contributed by atoms with E-state index in [1.807, 2.05) is 0 Å². The van der Waals surface area contributed by atoms with Crippen LogP contribution in [0.15, 0.2) is 27.4 Å². The van der Waals surface area contributed by atoms with E-state index in [1.165, 1.54) is 6.92 Å². The van der Waals surface area contributed by atoms with Crippen LogP contribution < -0.4 is 5.63 Å². The maximum atomic E-state index is 13.0. The summed E-state index contributed by atoms with van der Waals surface area (Å²) in [5, 5.41) is 8.97. The lowest BCUT2D eigenvalue weighted by Gasteiger charge is -2.13. The van der Waals surface area contributed by atoms with Gasteiger partial charge in [0.2, 0.25) is 0 Å². The predicted molar refractivity (Wildman–Crippen MR) is 58.5 cm³/mol. The fourth-order valence-corrected chi connectivity index (χ4v) is 1.87. The molecule has 0 amide bonds. The zero-order valence-electron chi connectivity index (χ0n) is 9.34. The molecule has 1 heterocycles. The van der Waals surface area contributed by atoms with E-state index < -0.39 is 22.9 Å². The molecule has 0 fully saturated rings. The van der Waals surface area contributed by atoms with Crippen LogP contribution in [-0.4, -0.2) is 5.11 Å². The summed E-state index contributed by atoms with van der Waals surface area (Å²) in [6, 6.07) is 3.21. The van der Waals surface area contributed by atoms with Crippen LogP contribution in [0.5, 0.6) is 5.75 Å². The second kappa shape index (κ2) is 4.04. The fraction of sp³-hybridized carbons (Fsp3) is 0.250. The van der Waals surface area contributed by atoms with Crippen molar-refractivity contribution in [2.75, 3.05) is 0 Å². The Hall–Kier alpha value is -1.98. The van der Waals surface area contributed by atoms with Crippen molar-refractivity contribution < 1.29 is 22.7 Å². The second-order valence-electron chi connectivity index (χ2n) is 3.77. The van der Waals surface area contributed by atoms with E-state index in [0.29, 0.717) is 0 Å². The zero-order valence-corrected chi connectivity index (χ0v) is 9.34. The lowest BCUT2D eigenvalue weighted by Crippen LogP contribution is -2.18. The number of aromatic hydroxyl groups is 1. The molecule has 3 nitrogen and oxygen atoms in total. The van der Waals surface area contributed by atoms with Gasteiger partial charge in [-0.25, -0.2) is 4.79 Å². The van der Waals surface area contributed by atoms with E-state index in [2.05, 4.69) is 0 Å². The summed E-state index contributed by atoms with van der Waals surface area (Å²) in [6.07, 6.45) is -4.72. The van der Waals surface area contributed by atoms with Crippen molar-refractivity contribution in [1.29, 1.82) is 0 Å².